The maximum atomic E-state index is 12.8. The predicted octanol–water partition coefficient (Wildman–Crippen LogP) is 2.90. The maximum absolute atomic E-state index is 12.8. The highest BCUT2D eigenvalue weighted by Gasteiger charge is 2.22. The lowest BCUT2D eigenvalue weighted by molar-refractivity contribution is 0.0784. The topological polar surface area (TPSA) is 92.5 Å². The molecule has 0 saturated carbocycles. The average Bonchev–Trinajstić information content (AvgIpc) is 2.85. The first-order valence-corrected chi connectivity index (χ1v) is 9.88. The Kier molecular flexibility index (Phi) is 6.10. The van der Waals surface area contributed by atoms with Gasteiger partial charge in [-0.1, -0.05) is 16.8 Å². The van der Waals surface area contributed by atoms with Crippen LogP contribution < -0.4 is 4.72 Å². The van der Waals surface area contributed by atoms with Crippen molar-refractivity contribution in [3.05, 3.63) is 45.8 Å². The van der Waals surface area contributed by atoms with Gasteiger partial charge in [0.1, 0.15) is 5.76 Å². The minimum Gasteiger partial charge on any atom is -0.361 e. The first-order valence-electron chi connectivity index (χ1n) is 8.02. The van der Waals surface area contributed by atoms with Gasteiger partial charge in [0.15, 0.2) is 0 Å². The Labute approximate surface area is 158 Å². The summed E-state index contributed by atoms with van der Waals surface area (Å²) in [6.07, 6.45) is 0. The van der Waals surface area contributed by atoms with Crippen LogP contribution in [0.25, 0.3) is 0 Å². The van der Waals surface area contributed by atoms with Crippen molar-refractivity contribution >= 4 is 27.5 Å². The first kappa shape index (κ1) is 20.4. The summed E-state index contributed by atoms with van der Waals surface area (Å²) in [5, 5.41) is 4.05. The molecule has 0 bridgehead atoms. The van der Waals surface area contributed by atoms with E-state index in [1.807, 2.05) is 0 Å². The van der Waals surface area contributed by atoms with Gasteiger partial charge in [-0.25, -0.2) is 13.1 Å². The SMILES string of the molecule is Cc1noc(C)c1CN(C)C(=O)c1cc(S(=O)(=O)NC(C)C)ccc1Cl. The lowest BCUT2D eigenvalue weighted by Crippen LogP contribution is -2.31. The van der Waals surface area contributed by atoms with Crippen molar-refractivity contribution in [2.75, 3.05) is 7.05 Å². The third kappa shape index (κ3) is 4.44. The van der Waals surface area contributed by atoms with E-state index in [2.05, 4.69) is 9.88 Å². The summed E-state index contributed by atoms with van der Waals surface area (Å²) in [5.74, 6) is 0.238. The number of amides is 1. The number of carbonyl (C=O) groups excluding carboxylic acids is 1. The molecule has 0 atom stereocenters. The van der Waals surface area contributed by atoms with Gasteiger partial charge in [0.05, 0.1) is 27.7 Å². The standard InChI is InChI=1S/C17H22ClN3O4S/c1-10(2)20-26(23,24)13-6-7-16(18)14(8-13)17(22)21(5)9-15-11(3)19-25-12(15)4/h6-8,10,20H,9H2,1-5H3. The van der Waals surface area contributed by atoms with Crippen LogP contribution in [0.1, 0.15) is 41.2 Å². The van der Waals surface area contributed by atoms with E-state index in [4.69, 9.17) is 16.1 Å². The Hall–Kier alpha value is -1.90. The van der Waals surface area contributed by atoms with Crippen LogP contribution in [-0.4, -0.2) is 37.5 Å². The lowest BCUT2D eigenvalue weighted by Gasteiger charge is -2.18. The van der Waals surface area contributed by atoms with Gasteiger partial charge in [-0.15, -0.1) is 0 Å². The van der Waals surface area contributed by atoms with Crippen LogP contribution in [0.2, 0.25) is 5.02 Å². The van der Waals surface area contributed by atoms with Crippen LogP contribution >= 0.6 is 11.6 Å². The van der Waals surface area contributed by atoms with Crippen LogP contribution in [0.3, 0.4) is 0 Å². The van der Waals surface area contributed by atoms with E-state index in [0.29, 0.717) is 11.5 Å². The van der Waals surface area contributed by atoms with Crippen molar-refractivity contribution < 1.29 is 17.7 Å². The second kappa shape index (κ2) is 7.77. The van der Waals surface area contributed by atoms with Crippen LogP contribution in [0.15, 0.2) is 27.6 Å². The van der Waals surface area contributed by atoms with Gasteiger partial charge in [-0.05, 0) is 45.9 Å². The fraction of sp³-hybridized carbons (Fsp3) is 0.412. The van der Waals surface area contributed by atoms with Gasteiger partial charge in [-0.3, -0.25) is 4.79 Å². The minimum absolute atomic E-state index is 0.00955. The second-order valence-electron chi connectivity index (χ2n) is 6.38. The zero-order valence-corrected chi connectivity index (χ0v) is 16.9. The van der Waals surface area contributed by atoms with E-state index in [0.717, 1.165) is 5.56 Å². The molecule has 0 aliphatic rings. The van der Waals surface area contributed by atoms with Crippen molar-refractivity contribution in [2.24, 2.45) is 0 Å². The van der Waals surface area contributed by atoms with Gasteiger partial charge < -0.3 is 9.42 Å². The molecule has 1 N–H and O–H groups in total. The van der Waals surface area contributed by atoms with Crippen molar-refractivity contribution in [3.8, 4) is 0 Å². The molecule has 2 aromatic rings. The summed E-state index contributed by atoms with van der Waals surface area (Å²) in [6.45, 7) is 7.28. The molecule has 1 aromatic heterocycles. The van der Waals surface area contributed by atoms with Crippen molar-refractivity contribution in [1.82, 2.24) is 14.8 Å². The molecule has 0 radical (unpaired) electrons. The number of benzene rings is 1. The number of halogens is 1. The summed E-state index contributed by atoms with van der Waals surface area (Å²) in [6, 6.07) is 3.81. The van der Waals surface area contributed by atoms with E-state index in [-0.39, 0.29) is 28.1 Å². The summed E-state index contributed by atoms with van der Waals surface area (Å²) in [5.41, 5.74) is 1.63. The van der Waals surface area contributed by atoms with Crippen LogP contribution in [0.4, 0.5) is 0 Å². The molecule has 142 valence electrons. The Bertz CT molecular complexity index is 903. The van der Waals surface area contributed by atoms with E-state index in [9.17, 15) is 13.2 Å². The number of aromatic nitrogens is 1. The molecule has 1 aromatic carbocycles. The molecule has 0 aliphatic heterocycles. The fourth-order valence-electron chi connectivity index (χ4n) is 2.46. The summed E-state index contributed by atoms with van der Waals surface area (Å²) in [7, 11) is -2.12. The number of hydrogen-bond donors (Lipinski definition) is 1. The molecule has 1 amide bonds. The highest BCUT2D eigenvalue weighted by molar-refractivity contribution is 7.89. The van der Waals surface area contributed by atoms with Crippen molar-refractivity contribution in [2.45, 2.75) is 45.2 Å². The number of hydrogen-bond acceptors (Lipinski definition) is 5. The zero-order chi connectivity index (χ0) is 19.6. The van der Waals surface area contributed by atoms with Gasteiger partial charge >= 0.3 is 0 Å². The fourth-order valence-corrected chi connectivity index (χ4v) is 3.93. The van der Waals surface area contributed by atoms with Crippen molar-refractivity contribution in [1.29, 1.82) is 0 Å². The quantitative estimate of drug-likeness (QED) is 0.806. The molecule has 0 unspecified atom stereocenters. The van der Waals surface area contributed by atoms with E-state index in [1.54, 1.807) is 34.7 Å². The largest absolute Gasteiger partial charge is 0.361 e. The van der Waals surface area contributed by atoms with Crippen LogP contribution in [0.5, 0.6) is 0 Å². The number of nitrogens with one attached hydrogen (secondary N) is 1. The maximum Gasteiger partial charge on any atom is 0.255 e. The molecule has 0 aliphatic carbocycles. The number of carbonyl (C=O) groups is 1. The van der Waals surface area contributed by atoms with Crippen LogP contribution in [-0.2, 0) is 16.6 Å². The Morgan fingerprint density at radius 1 is 1.35 bits per heavy atom. The zero-order valence-electron chi connectivity index (χ0n) is 15.3. The third-order valence-electron chi connectivity index (χ3n) is 3.79. The predicted molar refractivity (Wildman–Crippen MR) is 98.7 cm³/mol. The molecular weight excluding hydrogens is 378 g/mol. The number of aryl methyl sites for hydroxylation is 2. The summed E-state index contributed by atoms with van der Waals surface area (Å²) >= 11 is 6.14. The molecular formula is C17H22ClN3O4S. The molecule has 1 heterocycles. The third-order valence-corrected chi connectivity index (χ3v) is 5.78. The highest BCUT2D eigenvalue weighted by Crippen LogP contribution is 2.23. The summed E-state index contributed by atoms with van der Waals surface area (Å²) in [4.78, 5) is 14.2. The molecule has 2 rings (SSSR count). The number of sulfonamides is 1. The molecule has 0 saturated heterocycles. The normalized spacial score (nSPS) is 11.8. The monoisotopic (exact) mass is 399 g/mol. The first-order chi connectivity index (χ1) is 12.0. The smallest absolute Gasteiger partial charge is 0.255 e. The van der Waals surface area contributed by atoms with E-state index < -0.39 is 15.9 Å². The van der Waals surface area contributed by atoms with Gasteiger partial charge in [0.2, 0.25) is 10.0 Å². The number of nitrogens with zero attached hydrogens (tertiary/aromatic N) is 2. The minimum atomic E-state index is -3.73. The molecule has 7 nitrogen and oxygen atoms in total. The molecule has 9 heteroatoms. The van der Waals surface area contributed by atoms with Gasteiger partial charge in [0.25, 0.3) is 5.91 Å². The Balaban J connectivity index is 2.32. The molecule has 0 spiro atoms. The van der Waals surface area contributed by atoms with Gasteiger partial charge in [-0.2, -0.15) is 0 Å². The van der Waals surface area contributed by atoms with Crippen LogP contribution in [0, 0.1) is 13.8 Å². The molecule has 0 fully saturated rings. The summed E-state index contributed by atoms with van der Waals surface area (Å²) < 4.78 is 32.3. The molecule has 26 heavy (non-hydrogen) atoms. The van der Waals surface area contributed by atoms with Crippen molar-refractivity contribution in [3.63, 3.8) is 0 Å². The van der Waals surface area contributed by atoms with Gasteiger partial charge in [0, 0.05) is 18.7 Å². The average molecular weight is 400 g/mol. The Morgan fingerprint density at radius 2 is 2.00 bits per heavy atom. The second-order valence-corrected chi connectivity index (χ2v) is 8.50. The highest BCUT2D eigenvalue weighted by atomic mass is 35.5. The lowest BCUT2D eigenvalue weighted by atomic mass is 10.1. The van der Waals surface area contributed by atoms with E-state index >= 15 is 0 Å². The van der Waals surface area contributed by atoms with E-state index in [1.165, 1.54) is 23.1 Å². The Morgan fingerprint density at radius 3 is 2.54 bits per heavy atom. The number of rotatable bonds is 6.